The molecular formula is C11H6N4. The fraction of sp³-hybridized carbons (Fsp3) is 0.0909. The summed E-state index contributed by atoms with van der Waals surface area (Å²) >= 11 is 0. The molecule has 0 fully saturated rings. The van der Waals surface area contributed by atoms with Gasteiger partial charge in [0.15, 0.2) is 0 Å². The number of allylic oxidation sites excluding steroid dienone is 2. The molecule has 1 aliphatic heterocycles. The van der Waals surface area contributed by atoms with Crippen LogP contribution in [0.25, 0.3) is 5.57 Å². The van der Waals surface area contributed by atoms with Gasteiger partial charge >= 0.3 is 0 Å². The number of fused-ring (bicyclic) bond motifs is 3. The van der Waals surface area contributed by atoms with Crippen molar-refractivity contribution in [2.24, 2.45) is 10.2 Å². The molecule has 0 bridgehead atoms. The molecule has 0 spiro atoms. The molecule has 2 heterocycles. The van der Waals surface area contributed by atoms with Gasteiger partial charge in [0.2, 0.25) is 0 Å². The van der Waals surface area contributed by atoms with Crippen molar-refractivity contribution in [2.45, 2.75) is 6.42 Å². The van der Waals surface area contributed by atoms with Crippen LogP contribution in [0.3, 0.4) is 0 Å². The number of azo groups is 1. The lowest BCUT2D eigenvalue weighted by molar-refractivity contribution is 1.09. The van der Waals surface area contributed by atoms with E-state index in [0.29, 0.717) is 5.56 Å². The number of nitriles is 1. The summed E-state index contributed by atoms with van der Waals surface area (Å²) in [5.74, 6) is 0. The van der Waals surface area contributed by atoms with Crippen molar-refractivity contribution >= 4 is 5.57 Å². The Kier molecular flexibility index (Phi) is 1.53. The van der Waals surface area contributed by atoms with Crippen molar-refractivity contribution in [1.82, 2.24) is 4.98 Å². The zero-order chi connectivity index (χ0) is 10.3. The lowest BCUT2D eigenvalue weighted by Gasteiger charge is -2.13. The van der Waals surface area contributed by atoms with E-state index in [4.69, 9.17) is 5.26 Å². The highest BCUT2D eigenvalue weighted by Gasteiger charge is 2.21. The SMILES string of the molecule is N#Cc1cnc2c(c1)CC=C1N=NC=C12. The van der Waals surface area contributed by atoms with E-state index in [-0.39, 0.29) is 0 Å². The number of hydrogen-bond acceptors (Lipinski definition) is 4. The Morgan fingerprint density at radius 3 is 3.20 bits per heavy atom. The standard InChI is InChI=1S/C11H6N4/c12-4-7-3-8-1-2-10-9(6-14-15-10)11(8)13-5-7/h2-3,5-6H,1H2. The minimum atomic E-state index is 0.595. The van der Waals surface area contributed by atoms with Crippen LogP contribution in [0, 0.1) is 11.3 Å². The van der Waals surface area contributed by atoms with Crippen molar-refractivity contribution in [2.75, 3.05) is 0 Å². The third-order valence-electron chi connectivity index (χ3n) is 2.49. The molecule has 4 nitrogen and oxygen atoms in total. The monoisotopic (exact) mass is 194 g/mol. The first-order valence-corrected chi connectivity index (χ1v) is 4.59. The smallest absolute Gasteiger partial charge is 0.101 e. The van der Waals surface area contributed by atoms with Gasteiger partial charge in [-0.2, -0.15) is 15.5 Å². The second-order valence-corrected chi connectivity index (χ2v) is 3.40. The molecule has 1 aromatic heterocycles. The van der Waals surface area contributed by atoms with Crippen molar-refractivity contribution in [3.8, 4) is 6.07 Å². The van der Waals surface area contributed by atoms with Crippen LogP contribution in [0.4, 0.5) is 0 Å². The van der Waals surface area contributed by atoms with Gasteiger partial charge in [-0.25, -0.2) is 0 Å². The normalized spacial score (nSPS) is 16.2. The topological polar surface area (TPSA) is 61.4 Å². The van der Waals surface area contributed by atoms with Crippen molar-refractivity contribution in [3.63, 3.8) is 0 Å². The van der Waals surface area contributed by atoms with Gasteiger partial charge in [-0.15, -0.1) is 0 Å². The van der Waals surface area contributed by atoms with Crippen LogP contribution in [-0.2, 0) is 6.42 Å². The molecule has 0 N–H and O–H groups in total. The minimum absolute atomic E-state index is 0.595. The average Bonchev–Trinajstić information content (AvgIpc) is 2.76. The van der Waals surface area contributed by atoms with E-state index in [2.05, 4.69) is 21.3 Å². The molecule has 15 heavy (non-hydrogen) atoms. The maximum Gasteiger partial charge on any atom is 0.101 e. The lowest BCUT2D eigenvalue weighted by Crippen LogP contribution is -2.03. The highest BCUT2D eigenvalue weighted by atomic mass is 15.1. The fourth-order valence-electron chi connectivity index (χ4n) is 1.78. The molecule has 0 aromatic carbocycles. The van der Waals surface area contributed by atoms with Gasteiger partial charge in [0, 0.05) is 11.8 Å². The van der Waals surface area contributed by atoms with Gasteiger partial charge in [-0.1, -0.05) is 6.08 Å². The van der Waals surface area contributed by atoms with Crippen molar-refractivity contribution < 1.29 is 0 Å². The molecule has 0 unspecified atom stereocenters. The summed E-state index contributed by atoms with van der Waals surface area (Å²) < 4.78 is 0. The number of rotatable bonds is 0. The highest BCUT2D eigenvalue weighted by Crippen LogP contribution is 2.34. The maximum atomic E-state index is 8.77. The van der Waals surface area contributed by atoms with E-state index in [1.165, 1.54) is 0 Å². The zero-order valence-corrected chi connectivity index (χ0v) is 7.81. The molecule has 1 aromatic rings. The maximum absolute atomic E-state index is 8.77. The molecule has 0 radical (unpaired) electrons. The van der Waals surface area contributed by atoms with Gasteiger partial charge in [0.1, 0.15) is 6.07 Å². The van der Waals surface area contributed by atoms with E-state index in [0.717, 1.165) is 28.9 Å². The molecule has 1 aliphatic carbocycles. The zero-order valence-electron chi connectivity index (χ0n) is 7.81. The third-order valence-corrected chi connectivity index (χ3v) is 2.49. The Morgan fingerprint density at radius 1 is 1.40 bits per heavy atom. The first-order valence-electron chi connectivity index (χ1n) is 4.59. The minimum Gasteiger partial charge on any atom is -0.254 e. The summed E-state index contributed by atoms with van der Waals surface area (Å²) in [6, 6.07) is 3.96. The Hall–Kier alpha value is -2.28. The van der Waals surface area contributed by atoms with E-state index in [1.807, 2.05) is 12.1 Å². The second-order valence-electron chi connectivity index (χ2n) is 3.40. The summed E-state index contributed by atoms with van der Waals surface area (Å²) in [6.45, 7) is 0. The van der Waals surface area contributed by atoms with Gasteiger partial charge in [-0.3, -0.25) is 4.98 Å². The average molecular weight is 194 g/mol. The predicted octanol–water partition coefficient (Wildman–Crippen LogP) is 2.20. The van der Waals surface area contributed by atoms with E-state index < -0.39 is 0 Å². The molecule has 3 rings (SSSR count). The first kappa shape index (κ1) is 8.06. The largest absolute Gasteiger partial charge is 0.254 e. The Bertz CT molecular complexity index is 573. The number of aromatic nitrogens is 1. The summed E-state index contributed by atoms with van der Waals surface area (Å²) in [7, 11) is 0. The Labute approximate surface area is 86.3 Å². The van der Waals surface area contributed by atoms with Crippen LogP contribution in [-0.4, -0.2) is 4.98 Å². The van der Waals surface area contributed by atoms with Gasteiger partial charge in [0.25, 0.3) is 0 Å². The summed E-state index contributed by atoms with van der Waals surface area (Å²) in [5, 5.41) is 16.6. The molecule has 0 saturated carbocycles. The highest BCUT2D eigenvalue weighted by molar-refractivity contribution is 5.81. The Morgan fingerprint density at radius 2 is 2.33 bits per heavy atom. The summed E-state index contributed by atoms with van der Waals surface area (Å²) in [6.07, 6.45) is 6.07. The fourth-order valence-corrected chi connectivity index (χ4v) is 1.78. The molecule has 0 amide bonds. The van der Waals surface area contributed by atoms with Crippen LogP contribution in [0.15, 0.2) is 40.5 Å². The van der Waals surface area contributed by atoms with Crippen LogP contribution in [0.5, 0.6) is 0 Å². The van der Waals surface area contributed by atoms with Gasteiger partial charge < -0.3 is 0 Å². The van der Waals surface area contributed by atoms with Crippen LogP contribution in [0.2, 0.25) is 0 Å². The van der Waals surface area contributed by atoms with Crippen LogP contribution >= 0.6 is 0 Å². The number of nitrogens with zero attached hydrogens (tertiary/aromatic N) is 4. The second kappa shape index (κ2) is 2.85. The van der Waals surface area contributed by atoms with E-state index >= 15 is 0 Å². The molecule has 0 atom stereocenters. The van der Waals surface area contributed by atoms with Crippen molar-refractivity contribution in [3.05, 3.63) is 47.1 Å². The Balaban J connectivity index is 2.19. The van der Waals surface area contributed by atoms with Gasteiger partial charge in [0.05, 0.1) is 23.2 Å². The van der Waals surface area contributed by atoms with Gasteiger partial charge in [-0.05, 0) is 18.1 Å². The number of pyridine rings is 1. The van der Waals surface area contributed by atoms with E-state index in [1.54, 1.807) is 12.4 Å². The molecule has 4 heteroatoms. The van der Waals surface area contributed by atoms with Crippen molar-refractivity contribution in [1.29, 1.82) is 5.26 Å². The third kappa shape index (κ3) is 1.10. The summed E-state index contributed by atoms with van der Waals surface area (Å²) in [4.78, 5) is 4.28. The van der Waals surface area contributed by atoms with Crippen LogP contribution < -0.4 is 0 Å². The first-order chi connectivity index (χ1) is 7.38. The predicted molar refractivity (Wildman–Crippen MR) is 53.6 cm³/mol. The number of hydrogen-bond donors (Lipinski definition) is 0. The summed E-state index contributed by atoms with van der Waals surface area (Å²) in [5.41, 5.74) is 4.41. The quantitative estimate of drug-likeness (QED) is 0.635. The van der Waals surface area contributed by atoms with Crippen LogP contribution in [0.1, 0.15) is 16.8 Å². The molecule has 2 aliphatic rings. The molecular weight excluding hydrogens is 188 g/mol. The van der Waals surface area contributed by atoms with E-state index in [9.17, 15) is 0 Å². The molecule has 70 valence electrons. The molecule has 0 saturated heterocycles. The lowest BCUT2D eigenvalue weighted by atomic mass is 9.95.